The third-order valence-corrected chi connectivity index (χ3v) is 2.76. The molecule has 1 aromatic carbocycles. The number of nitrogens with two attached hydrogens (primary N) is 1. The minimum atomic E-state index is -0.373. The van der Waals surface area contributed by atoms with Crippen molar-refractivity contribution in [1.29, 1.82) is 0 Å². The number of anilines is 2. The van der Waals surface area contributed by atoms with Gasteiger partial charge in [-0.25, -0.2) is 4.98 Å². The number of carbonyl (C=O) groups is 1. The number of carbonyl (C=O) groups excluding carboxylic acids is 1. The lowest BCUT2D eigenvalue weighted by molar-refractivity contribution is 0.102. The first-order chi connectivity index (χ1) is 8.56. The van der Waals surface area contributed by atoms with Crippen LogP contribution in [0.3, 0.4) is 0 Å². The predicted molar refractivity (Wildman–Crippen MR) is 73.1 cm³/mol. The number of nitrogens with zero attached hydrogens (tertiary/aromatic N) is 1. The lowest BCUT2D eigenvalue weighted by atomic mass is 10.2. The Kier molecular flexibility index (Phi) is 3.69. The third-order valence-electron chi connectivity index (χ3n) is 2.21. The Balaban J connectivity index is 2.21. The number of nitrogen functional groups attached to an aromatic ring is 1. The van der Waals surface area contributed by atoms with E-state index in [0.717, 1.165) is 0 Å². The Hall–Kier alpha value is -1.78. The zero-order chi connectivity index (χ0) is 13.1. The average molecular weight is 282 g/mol. The Morgan fingerprint density at radius 2 is 1.89 bits per heavy atom. The molecule has 0 fully saturated rings. The van der Waals surface area contributed by atoms with Crippen molar-refractivity contribution < 1.29 is 4.79 Å². The molecule has 1 heterocycles. The highest BCUT2D eigenvalue weighted by atomic mass is 35.5. The van der Waals surface area contributed by atoms with Crippen LogP contribution in [0.1, 0.15) is 10.4 Å². The smallest absolute Gasteiger partial charge is 0.258 e. The molecule has 0 unspecified atom stereocenters. The molecule has 92 valence electrons. The van der Waals surface area contributed by atoms with Crippen molar-refractivity contribution in [3.63, 3.8) is 0 Å². The Labute approximate surface area is 114 Å². The second-order valence-corrected chi connectivity index (χ2v) is 4.36. The second-order valence-electron chi connectivity index (χ2n) is 3.57. The number of amides is 1. The normalized spacial score (nSPS) is 10.1. The molecule has 2 rings (SSSR count). The van der Waals surface area contributed by atoms with Crippen LogP contribution in [0.2, 0.25) is 10.2 Å². The lowest BCUT2D eigenvalue weighted by Crippen LogP contribution is -2.13. The molecule has 3 N–H and O–H groups in total. The zero-order valence-electron chi connectivity index (χ0n) is 9.15. The molecule has 0 aliphatic rings. The summed E-state index contributed by atoms with van der Waals surface area (Å²) in [5, 5.41) is 3.38. The molecule has 2 aromatic rings. The molecule has 0 atom stereocenters. The van der Waals surface area contributed by atoms with E-state index in [1.807, 2.05) is 0 Å². The molecule has 18 heavy (non-hydrogen) atoms. The maximum atomic E-state index is 11.9. The summed E-state index contributed by atoms with van der Waals surface area (Å²) < 4.78 is 0. The maximum absolute atomic E-state index is 11.9. The van der Waals surface area contributed by atoms with Crippen molar-refractivity contribution in [1.82, 2.24) is 4.98 Å². The van der Waals surface area contributed by atoms with Gasteiger partial charge in [0, 0.05) is 10.7 Å². The van der Waals surface area contributed by atoms with Gasteiger partial charge in [0.2, 0.25) is 0 Å². The molecular weight excluding hydrogens is 273 g/mol. The number of nitrogens with one attached hydrogen (secondary N) is 1. The first kappa shape index (κ1) is 12.7. The molecule has 0 aliphatic heterocycles. The fraction of sp³-hybridized carbons (Fsp3) is 0. The van der Waals surface area contributed by atoms with E-state index in [2.05, 4.69) is 10.3 Å². The van der Waals surface area contributed by atoms with E-state index in [-0.39, 0.29) is 16.6 Å². The van der Waals surface area contributed by atoms with Crippen LogP contribution in [-0.2, 0) is 0 Å². The van der Waals surface area contributed by atoms with Crippen molar-refractivity contribution in [2.45, 2.75) is 0 Å². The van der Waals surface area contributed by atoms with Crippen molar-refractivity contribution in [2.24, 2.45) is 0 Å². The number of halogens is 2. The fourth-order valence-corrected chi connectivity index (χ4v) is 1.67. The van der Waals surface area contributed by atoms with Gasteiger partial charge in [0.05, 0.1) is 17.4 Å². The minimum absolute atomic E-state index is 0.107. The van der Waals surface area contributed by atoms with Gasteiger partial charge in [0.1, 0.15) is 5.15 Å². The first-order valence-electron chi connectivity index (χ1n) is 5.04. The van der Waals surface area contributed by atoms with Crippen LogP contribution in [0.15, 0.2) is 36.5 Å². The van der Waals surface area contributed by atoms with Crippen LogP contribution in [0.5, 0.6) is 0 Å². The van der Waals surface area contributed by atoms with Gasteiger partial charge in [-0.1, -0.05) is 23.2 Å². The Bertz CT molecular complexity index is 584. The highest BCUT2D eigenvalue weighted by molar-refractivity contribution is 6.33. The van der Waals surface area contributed by atoms with Crippen molar-refractivity contribution >= 4 is 40.5 Å². The number of benzene rings is 1. The average Bonchev–Trinajstić information content (AvgIpc) is 2.35. The lowest BCUT2D eigenvalue weighted by Gasteiger charge is -2.07. The highest BCUT2D eigenvalue weighted by Crippen LogP contribution is 2.18. The summed E-state index contributed by atoms with van der Waals surface area (Å²) in [4.78, 5) is 15.8. The molecule has 0 saturated heterocycles. The standard InChI is InChI=1S/C12H9Cl2N3O/c13-7-1-3-9(4-2-7)17-12(18)10-5-8(15)6-16-11(10)14/h1-6H,15H2,(H,17,18). The van der Waals surface area contributed by atoms with Crippen LogP contribution in [0, 0.1) is 0 Å². The summed E-state index contributed by atoms with van der Waals surface area (Å²) in [6, 6.07) is 8.20. The molecule has 4 nitrogen and oxygen atoms in total. The van der Waals surface area contributed by atoms with E-state index >= 15 is 0 Å². The first-order valence-corrected chi connectivity index (χ1v) is 5.80. The molecule has 0 spiro atoms. The van der Waals surface area contributed by atoms with Crippen molar-refractivity contribution in [2.75, 3.05) is 11.1 Å². The van der Waals surface area contributed by atoms with E-state index in [9.17, 15) is 4.79 Å². The van der Waals surface area contributed by atoms with Crippen LogP contribution in [0.4, 0.5) is 11.4 Å². The van der Waals surface area contributed by atoms with E-state index in [1.165, 1.54) is 12.3 Å². The molecule has 6 heteroatoms. The number of aromatic nitrogens is 1. The fourth-order valence-electron chi connectivity index (χ4n) is 1.36. The van der Waals surface area contributed by atoms with Crippen LogP contribution in [0.25, 0.3) is 0 Å². The quantitative estimate of drug-likeness (QED) is 0.831. The summed E-state index contributed by atoms with van der Waals surface area (Å²) in [6.07, 6.45) is 1.39. The minimum Gasteiger partial charge on any atom is -0.397 e. The number of pyridine rings is 1. The SMILES string of the molecule is Nc1cnc(Cl)c(C(=O)Nc2ccc(Cl)cc2)c1. The van der Waals surface area contributed by atoms with Gasteiger partial charge in [0.15, 0.2) is 0 Å². The molecule has 1 aromatic heterocycles. The summed E-state index contributed by atoms with van der Waals surface area (Å²) >= 11 is 11.6. The van der Waals surface area contributed by atoms with Gasteiger partial charge < -0.3 is 11.1 Å². The van der Waals surface area contributed by atoms with Crippen LogP contribution >= 0.6 is 23.2 Å². The monoisotopic (exact) mass is 281 g/mol. The predicted octanol–water partition coefficient (Wildman–Crippen LogP) is 3.22. The Morgan fingerprint density at radius 3 is 2.56 bits per heavy atom. The zero-order valence-corrected chi connectivity index (χ0v) is 10.7. The molecular formula is C12H9Cl2N3O. The van der Waals surface area contributed by atoms with Gasteiger partial charge in [-0.05, 0) is 30.3 Å². The summed E-state index contributed by atoms with van der Waals surface area (Å²) in [6.45, 7) is 0. The van der Waals surface area contributed by atoms with Crippen molar-refractivity contribution in [3.8, 4) is 0 Å². The Morgan fingerprint density at radius 1 is 1.22 bits per heavy atom. The number of hydrogen-bond donors (Lipinski definition) is 2. The second kappa shape index (κ2) is 5.25. The highest BCUT2D eigenvalue weighted by Gasteiger charge is 2.12. The van der Waals surface area contributed by atoms with E-state index in [1.54, 1.807) is 24.3 Å². The van der Waals surface area contributed by atoms with Gasteiger partial charge in [-0.2, -0.15) is 0 Å². The molecule has 0 saturated carbocycles. The summed E-state index contributed by atoms with van der Waals surface area (Å²) in [5.74, 6) is -0.373. The van der Waals surface area contributed by atoms with Crippen LogP contribution < -0.4 is 11.1 Å². The van der Waals surface area contributed by atoms with Crippen LogP contribution in [-0.4, -0.2) is 10.9 Å². The topological polar surface area (TPSA) is 68.0 Å². The maximum Gasteiger partial charge on any atom is 0.258 e. The molecule has 0 bridgehead atoms. The van der Waals surface area contributed by atoms with Crippen molar-refractivity contribution in [3.05, 3.63) is 52.3 Å². The van der Waals surface area contributed by atoms with Gasteiger partial charge in [0.25, 0.3) is 5.91 Å². The number of rotatable bonds is 2. The van der Waals surface area contributed by atoms with Gasteiger partial charge in [-0.3, -0.25) is 4.79 Å². The number of hydrogen-bond acceptors (Lipinski definition) is 3. The third kappa shape index (κ3) is 2.91. The molecule has 1 amide bonds. The van der Waals surface area contributed by atoms with Gasteiger partial charge >= 0.3 is 0 Å². The largest absolute Gasteiger partial charge is 0.397 e. The van der Waals surface area contributed by atoms with E-state index < -0.39 is 0 Å². The summed E-state index contributed by atoms with van der Waals surface area (Å²) in [7, 11) is 0. The van der Waals surface area contributed by atoms with E-state index in [4.69, 9.17) is 28.9 Å². The van der Waals surface area contributed by atoms with Gasteiger partial charge in [-0.15, -0.1) is 0 Å². The molecule has 0 aliphatic carbocycles. The van der Waals surface area contributed by atoms with E-state index in [0.29, 0.717) is 16.4 Å². The summed E-state index contributed by atoms with van der Waals surface area (Å²) in [5.41, 5.74) is 6.78. The molecule has 0 radical (unpaired) electrons.